The summed E-state index contributed by atoms with van der Waals surface area (Å²) < 4.78 is 0. The summed E-state index contributed by atoms with van der Waals surface area (Å²) in [4.78, 5) is 2.35. The zero-order valence-corrected chi connectivity index (χ0v) is 10.5. The Balaban J connectivity index is 1.88. The molecule has 0 bridgehead atoms. The minimum absolute atomic E-state index is 0.369. The number of nitrogens with zero attached hydrogens (tertiary/aromatic N) is 1. The van der Waals surface area contributed by atoms with E-state index in [4.69, 9.17) is 0 Å². The molecule has 1 aliphatic rings. The third-order valence-corrected chi connectivity index (χ3v) is 3.53. The van der Waals surface area contributed by atoms with Crippen LogP contribution in [0.1, 0.15) is 24.5 Å². The Bertz CT molecular complexity index is 328. The lowest BCUT2D eigenvalue weighted by molar-refractivity contribution is 0.0924. The molecule has 0 radical (unpaired) electrons. The average molecular weight is 234 g/mol. The predicted octanol–water partition coefficient (Wildman–Crippen LogP) is 1.40. The lowest BCUT2D eigenvalue weighted by Crippen LogP contribution is -2.45. The molecular weight excluding hydrogens is 212 g/mol. The van der Waals surface area contributed by atoms with Crippen molar-refractivity contribution in [2.75, 3.05) is 26.7 Å². The monoisotopic (exact) mass is 234 g/mol. The Kier molecular flexibility index (Phi) is 4.54. The van der Waals surface area contributed by atoms with E-state index in [1.807, 2.05) is 37.4 Å². The molecule has 0 amide bonds. The lowest BCUT2D eigenvalue weighted by atomic mass is 10.0. The Morgan fingerprint density at radius 2 is 2.18 bits per heavy atom. The van der Waals surface area contributed by atoms with Crippen molar-refractivity contribution in [1.82, 2.24) is 10.2 Å². The van der Waals surface area contributed by atoms with Crippen LogP contribution in [0.15, 0.2) is 30.3 Å². The van der Waals surface area contributed by atoms with Crippen molar-refractivity contribution in [2.24, 2.45) is 0 Å². The molecule has 1 aromatic rings. The van der Waals surface area contributed by atoms with Crippen LogP contribution in [0.5, 0.6) is 0 Å². The number of β-amino-alcohol motifs (C(OH)–C–C–N with tert-alkyl or cyclic N) is 1. The quantitative estimate of drug-likeness (QED) is 0.826. The Morgan fingerprint density at radius 3 is 2.88 bits per heavy atom. The van der Waals surface area contributed by atoms with E-state index in [0.717, 1.165) is 25.2 Å². The van der Waals surface area contributed by atoms with Gasteiger partial charge in [0.1, 0.15) is 0 Å². The number of piperidine rings is 1. The van der Waals surface area contributed by atoms with E-state index in [-0.39, 0.29) is 6.10 Å². The fourth-order valence-corrected chi connectivity index (χ4v) is 2.48. The molecular formula is C14H22N2O. The van der Waals surface area contributed by atoms with E-state index in [1.165, 1.54) is 12.8 Å². The van der Waals surface area contributed by atoms with Crippen LogP contribution in [0.3, 0.4) is 0 Å². The molecule has 2 rings (SSSR count). The van der Waals surface area contributed by atoms with E-state index in [9.17, 15) is 5.11 Å². The maximum atomic E-state index is 10.2. The third-order valence-electron chi connectivity index (χ3n) is 3.53. The first-order valence-corrected chi connectivity index (χ1v) is 6.42. The minimum atomic E-state index is -0.369. The molecule has 2 atom stereocenters. The first-order chi connectivity index (χ1) is 8.29. The van der Waals surface area contributed by atoms with Gasteiger partial charge in [0, 0.05) is 19.1 Å². The van der Waals surface area contributed by atoms with E-state index >= 15 is 0 Å². The molecule has 17 heavy (non-hydrogen) atoms. The van der Waals surface area contributed by atoms with Crippen LogP contribution in [0.4, 0.5) is 0 Å². The number of aliphatic hydroxyl groups is 1. The van der Waals surface area contributed by atoms with Crippen molar-refractivity contribution in [3.05, 3.63) is 35.9 Å². The van der Waals surface area contributed by atoms with E-state index < -0.39 is 0 Å². The Hall–Kier alpha value is -0.900. The fourth-order valence-electron chi connectivity index (χ4n) is 2.48. The van der Waals surface area contributed by atoms with Crippen LogP contribution in [0, 0.1) is 0 Å². The van der Waals surface area contributed by atoms with Gasteiger partial charge in [0.05, 0.1) is 6.10 Å². The van der Waals surface area contributed by atoms with E-state index in [2.05, 4.69) is 10.2 Å². The maximum Gasteiger partial charge on any atom is 0.0916 e. The van der Waals surface area contributed by atoms with Crippen molar-refractivity contribution in [2.45, 2.75) is 25.0 Å². The van der Waals surface area contributed by atoms with Gasteiger partial charge >= 0.3 is 0 Å². The highest BCUT2D eigenvalue weighted by Crippen LogP contribution is 2.17. The number of rotatable bonds is 4. The van der Waals surface area contributed by atoms with Gasteiger partial charge < -0.3 is 10.4 Å². The van der Waals surface area contributed by atoms with Gasteiger partial charge in [-0.1, -0.05) is 30.3 Å². The molecule has 0 aliphatic carbocycles. The fraction of sp³-hybridized carbons (Fsp3) is 0.571. The number of hydrogen-bond acceptors (Lipinski definition) is 3. The second-order valence-corrected chi connectivity index (χ2v) is 4.81. The van der Waals surface area contributed by atoms with Crippen molar-refractivity contribution in [3.63, 3.8) is 0 Å². The maximum absolute atomic E-state index is 10.2. The molecule has 0 spiro atoms. The molecule has 3 heteroatoms. The Morgan fingerprint density at radius 1 is 1.41 bits per heavy atom. The summed E-state index contributed by atoms with van der Waals surface area (Å²) >= 11 is 0. The van der Waals surface area contributed by atoms with Gasteiger partial charge in [-0.2, -0.15) is 0 Å². The second kappa shape index (κ2) is 6.15. The highest BCUT2D eigenvalue weighted by atomic mass is 16.3. The summed E-state index contributed by atoms with van der Waals surface area (Å²) in [6.07, 6.45) is 2.09. The lowest BCUT2D eigenvalue weighted by Gasteiger charge is -2.33. The number of nitrogens with one attached hydrogen (secondary N) is 1. The van der Waals surface area contributed by atoms with Crippen LogP contribution in [-0.2, 0) is 0 Å². The van der Waals surface area contributed by atoms with Crippen molar-refractivity contribution in [1.29, 1.82) is 0 Å². The largest absolute Gasteiger partial charge is 0.387 e. The zero-order chi connectivity index (χ0) is 12.1. The molecule has 1 fully saturated rings. The summed E-state index contributed by atoms with van der Waals surface area (Å²) in [6, 6.07) is 10.5. The third kappa shape index (κ3) is 3.53. The topological polar surface area (TPSA) is 35.5 Å². The van der Waals surface area contributed by atoms with Crippen LogP contribution < -0.4 is 5.32 Å². The normalized spacial score (nSPS) is 23.5. The van der Waals surface area contributed by atoms with Crippen molar-refractivity contribution < 1.29 is 5.11 Å². The van der Waals surface area contributed by atoms with Crippen molar-refractivity contribution >= 4 is 0 Å². The number of aliphatic hydroxyl groups excluding tert-OH is 1. The van der Waals surface area contributed by atoms with Gasteiger partial charge in [-0.3, -0.25) is 4.90 Å². The predicted molar refractivity (Wildman–Crippen MR) is 69.9 cm³/mol. The average Bonchev–Trinajstić information content (AvgIpc) is 2.40. The van der Waals surface area contributed by atoms with Crippen LogP contribution in [-0.4, -0.2) is 42.7 Å². The first-order valence-electron chi connectivity index (χ1n) is 6.42. The summed E-state index contributed by atoms with van der Waals surface area (Å²) in [7, 11) is 2.02. The SMILES string of the molecule is CNC1CCCN(CC(O)c2ccccc2)C1. The molecule has 2 N–H and O–H groups in total. The molecule has 94 valence electrons. The van der Waals surface area contributed by atoms with Crippen LogP contribution in [0.2, 0.25) is 0 Å². The molecule has 1 aliphatic heterocycles. The zero-order valence-electron chi connectivity index (χ0n) is 10.5. The molecule has 0 saturated carbocycles. The van der Waals surface area contributed by atoms with Gasteiger partial charge in [0.15, 0.2) is 0 Å². The summed E-state index contributed by atoms with van der Waals surface area (Å²) in [5.41, 5.74) is 1.01. The molecule has 1 aromatic carbocycles. The van der Waals surface area contributed by atoms with Gasteiger partial charge in [-0.15, -0.1) is 0 Å². The van der Waals surface area contributed by atoms with Crippen LogP contribution in [0.25, 0.3) is 0 Å². The van der Waals surface area contributed by atoms with E-state index in [1.54, 1.807) is 0 Å². The van der Waals surface area contributed by atoms with Gasteiger partial charge in [-0.05, 0) is 32.0 Å². The van der Waals surface area contributed by atoms with Crippen molar-refractivity contribution in [3.8, 4) is 0 Å². The Labute approximate surface area is 103 Å². The minimum Gasteiger partial charge on any atom is -0.387 e. The van der Waals surface area contributed by atoms with Gasteiger partial charge in [0.25, 0.3) is 0 Å². The number of hydrogen-bond donors (Lipinski definition) is 2. The molecule has 2 unspecified atom stereocenters. The second-order valence-electron chi connectivity index (χ2n) is 4.81. The number of benzene rings is 1. The van der Waals surface area contributed by atoms with Gasteiger partial charge in [0.2, 0.25) is 0 Å². The summed E-state index contributed by atoms with van der Waals surface area (Å²) in [5.74, 6) is 0. The molecule has 1 heterocycles. The summed E-state index contributed by atoms with van der Waals surface area (Å²) in [5, 5.41) is 13.5. The summed E-state index contributed by atoms with van der Waals surface area (Å²) in [6.45, 7) is 2.88. The van der Waals surface area contributed by atoms with E-state index in [0.29, 0.717) is 6.04 Å². The standard InChI is InChI=1S/C14H22N2O/c1-15-13-8-5-9-16(10-13)11-14(17)12-6-3-2-4-7-12/h2-4,6-7,13-15,17H,5,8-11H2,1H3. The number of likely N-dealkylation sites (N-methyl/N-ethyl adjacent to an activating group) is 1. The van der Waals surface area contributed by atoms with Crippen LogP contribution >= 0.6 is 0 Å². The highest BCUT2D eigenvalue weighted by Gasteiger charge is 2.20. The first kappa shape index (κ1) is 12.6. The molecule has 1 saturated heterocycles. The molecule has 0 aromatic heterocycles. The smallest absolute Gasteiger partial charge is 0.0916 e. The number of likely N-dealkylation sites (tertiary alicyclic amines) is 1. The van der Waals surface area contributed by atoms with Gasteiger partial charge in [-0.25, -0.2) is 0 Å². The highest BCUT2D eigenvalue weighted by molar-refractivity contribution is 5.17. The molecule has 3 nitrogen and oxygen atoms in total.